The molecular formula is C17H17I2NO3. The maximum atomic E-state index is 11.4. The van der Waals surface area contributed by atoms with Crippen LogP contribution in [0.15, 0.2) is 36.4 Å². The number of hydrogen-bond donors (Lipinski definition) is 1. The van der Waals surface area contributed by atoms with Crippen molar-refractivity contribution in [3.63, 3.8) is 0 Å². The fourth-order valence-electron chi connectivity index (χ4n) is 2.00. The fourth-order valence-corrected chi connectivity index (χ4v) is 4.12. The van der Waals surface area contributed by atoms with Crippen LogP contribution in [0.1, 0.15) is 12.0 Å². The minimum atomic E-state index is 0.0496. The zero-order valence-corrected chi connectivity index (χ0v) is 17.2. The van der Waals surface area contributed by atoms with E-state index in [-0.39, 0.29) is 5.91 Å². The molecule has 0 saturated heterocycles. The van der Waals surface area contributed by atoms with Crippen LogP contribution in [-0.4, -0.2) is 20.1 Å². The Morgan fingerprint density at radius 1 is 1.09 bits per heavy atom. The molecular weight excluding hydrogens is 520 g/mol. The maximum absolute atomic E-state index is 11.4. The molecule has 0 atom stereocenters. The molecule has 0 saturated carbocycles. The van der Waals surface area contributed by atoms with Gasteiger partial charge in [-0.1, -0.05) is 0 Å². The summed E-state index contributed by atoms with van der Waals surface area (Å²) in [7, 11) is 3.29. The van der Waals surface area contributed by atoms with E-state index in [2.05, 4.69) is 62.6 Å². The molecule has 0 bridgehead atoms. The van der Waals surface area contributed by atoms with Gasteiger partial charge in [-0.3, -0.25) is 4.79 Å². The van der Waals surface area contributed by atoms with Gasteiger partial charge in [-0.25, -0.2) is 0 Å². The number of benzene rings is 2. The van der Waals surface area contributed by atoms with E-state index in [1.807, 2.05) is 24.3 Å². The number of ether oxygens (including phenoxy) is 2. The van der Waals surface area contributed by atoms with Crippen molar-refractivity contribution >= 4 is 51.1 Å². The molecule has 2 aromatic carbocycles. The Labute approximate surface area is 163 Å². The highest BCUT2D eigenvalue weighted by molar-refractivity contribution is 14.1. The van der Waals surface area contributed by atoms with Gasteiger partial charge in [0.25, 0.3) is 0 Å². The van der Waals surface area contributed by atoms with Crippen LogP contribution in [0.4, 0.5) is 0 Å². The maximum Gasteiger partial charge on any atom is 0.220 e. The van der Waals surface area contributed by atoms with Crippen LogP contribution in [0.5, 0.6) is 17.2 Å². The highest BCUT2D eigenvalue weighted by atomic mass is 127. The molecule has 0 heterocycles. The van der Waals surface area contributed by atoms with Crippen LogP contribution in [-0.2, 0) is 11.2 Å². The smallest absolute Gasteiger partial charge is 0.220 e. The molecule has 4 nitrogen and oxygen atoms in total. The second kappa shape index (κ2) is 8.72. The molecule has 6 heteroatoms. The number of rotatable bonds is 6. The first-order valence-electron chi connectivity index (χ1n) is 7.04. The van der Waals surface area contributed by atoms with Crippen LogP contribution < -0.4 is 14.8 Å². The summed E-state index contributed by atoms with van der Waals surface area (Å²) in [5.41, 5.74) is 1.13. The van der Waals surface area contributed by atoms with Crippen molar-refractivity contribution < 1.29 is 14.3 Å². The number of carbonyl (C=O) groups is 1. The van der Waals surface area contributed by atoms with E-state index < -0.39 is 0 Å². The normalized spacial score (nSPS) is 10.3. The Morgan fingerprint density at radius 2 is 1.65 bits per heavy atom. The lowest BCUT2D eigenvalue weighted by atomic mass is 10.1. The van der Waals surface area contributed by atoms with E-state index in [1.165, 1.54) is 0 Å². The standard InChI is InChI=1S/C17H17I2NO3/c1-20-16(21)8-3-11-9-14(18)17(15(19)10-11)23-13-6-4-12(22-2)5-7-13/h4-7,9-10H,3,8H2,1-2H3,(H,20,21). The molecule has 0 fully saturated rings. The van der Waals surface area contributed by atoms with Gasteiger partial charge in [0.2, 0.25) is 5.91 Å². The predicted octanol–water partition coefficient (Wildman–Crippen LogP) is 4.38. The fraction of sp³-hybridized carbons (Fsp3) is 0.235. The third kappa shape index (κ3) is 5.23. The van der Waals surface area contributed by atoms with Gasteiger partial charge in [0.1, 0.15) is 11.5 Å². The van der Waals surface area contributed by atoms with E-state index in [0.717, 1.165) is 30.0 Å². The molecule has 2 rings (SSSR count). The van der Waals surface area contributed by atoms with Crippen molar-refractivity contribution in [1.82, 2.24) is 5.32 Å². The lowest BCUT2D eigenvalue weighted by molar-refractivity contribution is -0.120. The number of carbonyl (C=O) groups excluding carboxylic acids is 1. The summed E-state index contributed by atoms with van der Waals surface area (Å²) in [5, 5.41) is 2.64. The SMILES string of the molecule is CNC(=O)CCc1cc(I)c(Oc2ccc(OC)cc2)c(I)c1. The number of amides is 1. The van der Waals surface area contributed by atoms with Gasteiger partial charge >= 0.3 is 0 Å². The zero-order chi connectivity index (χ0) is 16.8. The molecule has 122 valence electrons. The Kier molecular flexibility index (Phi) is 6.94. The average molecular weight is 537 g/mol. The highest BCUT2D eigenvalue weighted by Gasteiger charge is 2.11. The van der Waals surface area contributed by atoms with Gasteiger partial charge in [-0.05, 0) is 93.6 Å². The summed E-state index contributed by atoms with van der Waals surface area (Å²) in [6.45, 7) is 0. The molecule has 0 radical (unpaired) electrons. The van der Waals surface area contributed by atoms with Crippen molar-refractivity contribution in [3.05, 3.63) is 49.1 Å². The van der Waals surface area contributed by atoms with Gasteiger partial charge in [-0.15, -0.1) is 0 Å². The largest absolute Gasteiger partial charge is 0.497 e. The topological polar surface area (TPSA) is 47.6 Å². The predicted molar refractivity (Wildman–Crippen MR) is 107 cm³/mol. The lowest BCUT2D eigenvalue weighted by Gasteiger charge is -2.12. The minimum Gasteiger partial charge on any atom is -0.497 e. The quantitative estimate of drug-likeness (QED) is 0.558. The molecule has 1 N–H and O–H groups in total. The second-order valence-electron chi connectivity index (χ2n) is 4.84. The summed E-state index contributed by atoms with van der Waals surface area (Å²) >= 11 is 4.53. The van der Waals surface area contributed by atoms with Crippen LogP contribution in [0.25, 0.3) is 0 Å². The number of hydrogen-bond acceptors (Lipinski definition) is 3. The van der Waals surface area contributed by atoms with Crippen molar-refractivity contribution in [2.75, 3.05) is 14.2 Å². The number of methoxy groups -OCH3 is 1. The van der Waals surface area contributed by atoms with Gasteiger partial charge in [0.15, 0.2) is 5.75 Å². The van der Waals surface area contributed by atoms with Crippen LogP contribution in [0.3, 0.4) is 0 Å². The molecule has 0 spiro atoms. The summed E-state index contributed by atoms with van der Waals surface area (Å²) in [6.07, 6.45) is 1.20. The molecule has 0 unspecified atom stereocenters. The Bertz CT molecular complexity index is 664. The minimum absolute atomic E-state index is 0.0496. The van der Waals surface area contributed by atoms with Crippen molar-refractivity contribution in [1.29, 1.82) is 0 Å². The molecule has 0 aromatic heterocycles. The van der Waals surface area contributed by atoms with E-state index in [4.69, 9.17) is 9.47 Å². The summed E-state index contributed by atoms with van der Waals surface area (Å²) in [4.78, 5) is 11.4. The summed E-state index contributed by atoms with van der Waals surface area (Å²) in [6, 6.07) is 11.6. The van der Waals surface area contributed by atoms with Crippen LogP contribution in [0.2, 0.25) is 0 Å². The van der Waals surface area contributed by atoms with Crippen molar-refractivity contribution in [3.8, 4) is 17.2 Å². The van der Waals surface area contributed by atoms with Crippen molar-refractivity contribution in [2.45, 2.75) is 12.8 Å². The van der Waals surface area contributed by atoms with E-state index in [0.29, 0.717) is 12.8 Å². The summed E-state index contributed by atoms with van der Waals surface area (Å²) in [5.74, 6) is 2.44. The number of halogens is 2. The third-order valence-electron chi connectivity index (χ3n) is 3.26. The first-order valence-corrected chi connectivity index (χ1v) is 9.19. The second-order valence-corrected chi connectivity index (χ2v) is 7.16. The van der Waals surface area contributed by atoms with Gasteiger partial charge in [0, 0.05) is 13.5 Å². The van der Waals surface area contributed by atoms with Gasteiger partial charge < -0.3 is 14.8 Å². The zero-order valence-electron chi connectivity index (χ0n) is 12.9. The van der Waals surface area contributed by atoms with Gasteiger partial charge in [-0.2, -0.15) is 0 Å². The number of nitrogens with one attached hydrogen (secondary N) is 1. The third-order valence-corrected chi connectivity index (χ3v) is 4.86. The Balaban J connectivity index is 2.14. The van der Waals surface area contributed by atoms with E-state index >= 15 is 0 Å². The average Bonchev–Trinajstić information content (AvgIpc) is 2.56. The lowest BCUT2D eigenvalue weighted by Crippen LogP contribution is -2.17. The van der Waals surface area contributed by atoms with Crippen LogP contribution in [0, 0.1) is 7.14 Å². The Morgan fingerprint density at radius 3 is 2.17 bits per heavy atom. The monoisotopic (exact) mass is 537 g/mol. The molecule has 23 heavy (non-hydrogen) atoms. The van der Waals surface area contributed by atoms with Crippen LogP contribution >= 0.6 is 45.2 Å². The first-order chi connectivity index (χ1) is 11.0. The van der Waals surface area contributed by atoms with E-state index in [9.17, 15) is 4.79 Å². The highest BCUT2D eigenvalue weighted by Crippen LogP contribution is 2.33. The van der Waals surface area contributed by atoms with Crippen molar-refractivity contribution in [2.24, 2.45) is 0 Å². The molecule has 0 aliphatic rings. The van der Waals surface area contributed by atoms with E-state index in [1.54, 1.807) is 14.2 Å². The molecule has 0 aliphatic carbocycles. The molecule has 0 aliphatic heterocycles. The molecule has 2 aromatic rings. The Hall–Kier alpha value is -1.03. The van der Waals surface area contributed by atoms with Gasteiger partial charge in [0.05, 0.1) is 14.3 Å². The first kappa shape index (κ1) is 18.3. The number of aryl methyl sites for hydroxylation is 1. The summed E-state index contributed by atoms with van der Waals surface area (Å²) < 4.78 is 13.2. The molecule has 1 amide bonds.